The van der Waals surface area contributed by atoms with Crippen molar-refractivity contribution in [1.29, 1.82) is 0 Å². The molecule has 4 nitrogen and oxygen atoms in total. The van der Waals surface area contributed by atoms with Crippen molar-refractivity contribution in [2.45, 2.75) is 32.7 Å². The molecular weight excluding hydrogens is 260 g/mol. The van der Waals surface area contributed by atoms with Gasteiger partial charge in [0.05, 0.1) is 11.5 Å². The fourth-order valence-electron chi connectivity index (χ4n) is 2.69. The lowest BCUT2D eigenvalue weighted by molar-refractivity contribution is 0.385. The third kappa shape index (κ3) is 3.55. The highest BCUT2D eigenvalue weighted by atomic mass is 32.2. The van der Waals surface area contributed by atoms with Crippen LogP contribution in [0, 0.1) is 19.8 Å². The van der Waals surface area contributed by atoms with Crippen LogP contribution in [0.1, 0.15) is 23.1 Å². The van der Waals surface area contributed by atoms with Crippen molar-refractivity contribution in [3.8, 4) is 0 Å². The number of hydrazine groups is 1. The Kier molecular flexibility index (Phi) is 4.28. The minimum absolute atomic E-state index is 0.0272. The standard InChI is InChI=1S/C14H22N2O2S/c1-10-3-4-12(7-11(10)2)8-14(16-15)13-5-6-19(17,18)9-13/h3-4,7,13-14,16H,5-6,8-9,15H2,1-2H3. The van der Waals surface area contributed by atoms with E-state index in [0.29, 0.717) is 12.2 Å². The summed E-state index contributed by atoms with van der Waals surface area (Å²) in [5.41, 5.74) is 6.53. The van der Waals surface area contributed by atoms with Gasteiger partial charge in [-0.1, -0.05) is 18.2 Å². The molecule has 2 rings (SSSR count). The number of aryl methyl sites for hydroxylation is 2. The van der Waals surface area contributed by atoms with E-state index in [-0.39, 0.29) is 17.7 Å². The van der Waals surface area contributed by atoms with E-state index in [1.165, 1.54) is 16.7 Å². The van der Waals surface area contributed by atoms with Gasteiger partial charge in [-0.05, 0) is 49.3 Å². The van der Waals surface area contributed by atoms with Crippen LogP contribution in [-0.2, 0) is 16.3 Å². The van der Waals surface area contributed by atoms with Gasteiger partial charge in [0.15, 0.2) is 9.84 Å². The quantitative estimate of drug-likeness (QED) is 0.641. The molecule has 0 saturated carbocycles. The van der Waals surface area contributed by atoms with E-state index in [1.807, 2.05) is 0 Å². The van der Waals surface area contributed by atoms with Gasteiger partial charge in [-0.25, -0.2) is 8.42 Å². The van der Waals surface area contributed by atoms with E-state index in [9.17, 15) is 8.42 Å². The molecule has 19 heavy (non-hydrogen) atoms. The van der Waals surface area contributed by atoms with Crippen LogP contribution in [0.25, 0.3) is 0 Å². The zero-order valence-corrected chi connectivity index (χ0v) is 12.3. The van der Waals surface area contributed by atoms with Gasteiger partial charge >= 0.3 is 0 Å². The summed E-state index contributed by atoms with van der Waals surface area (Å²) in [4.78, 5) is 0. The minimum atomic E-state index is -2.85. The van der Waals surface area contributed by atoms with Crippen molar-refractivity contribution < 1.29 is 8.42 Å². The van der Waals surface area contributed by atoms with Crippen LogP contribution < -0.4 is 11.3 Å². The van der Waals surface area contributed by atoms with Gasteiger partial charge in [0.2, 0.25) is 0 Å². The Hall–Kier alpha value is -0.910. The van der Waals surface area contributed by atoms with E-state index in [2.05, 4.69) is 37.5 Å². The first-order chi connectivity index (χ1) is 8.91. The molecule has 5 heteroatoms. The highest BCUT2D eigenvalue weighted by molar-refractivity contribution is 7.91. The topological polar surface area (TPSA) is 72.2 Å². The molecule has 3 N–H and O–H groups in total. The van der Waals surface area contributed by atoms with Crippen LogP contribution in [0.15, 0.2) is 18.2 Å². The Labute approximate surface area is 115 Å². The molecule has 0 amide bonds. The first-order valence-electron chi connectivity index (χ1n) is 6.64. The number of benzene rings is 1. The molecule has 1 aliphatic heterocycles. The maximum Gasteiger partial charge on any atom is 0.150 e. The maximum atomic E-state index is 11.5. The Balaban J connectivity index is 2.09. The average Bonchev–Trinajstić information content (AvgIpc) is 2.71. The molecule has 2 unspecified atom stereocenters. The summed E-state index contributed by atoms with van der Waals surface area (Å²) in [5, 5.41) is 0. The molecule has 0 aromatic heterocycles. The molecule has 106 valence electrons. The van der Waals surface area contributed by atoms with E-state index in [1.54, 1.807) is 0 Å². The fourth-order valence-corrected chi connectivity index (χ4v) is 4.57. The van der Waals surface area contributed by atoms with E-state index in [4.69, 9.17) is 5.84 Å². The van der Waals surface area contributed by atoms with Crippen molar-refractivity contribution in [3.63, 3.8) is 0 Å². The Morgan fingerprint density at radius 2 is 2.11 bits per heavy atom. The summed E-state index contributed by atoms with van der Waals surface area (Å²) in [5.74, 6) is 6.29. The number of sulfone groups is 1. The highest BCUT2D eigenvalue weighted by Gasteiger charge is 2.33. The van der Waals surface area contributed by atoms with E-state index >= 15 is 0 Å². The van der Waals surface area contributed by atoms with Crippen molar-refractivity contribution >= 4 is 9.84 Å². The molecule has 1 aromatic carbocycles. The van der Waals surface area contributed by atoms with Crippen LogP contribution in [0.5, 0.6) is 0 Å². The number of hydrogen-bond donors (Lipinski definition) is 2. The Bertz CT molecular complexity index is 555. The van der Waals surface area contributed by atoms with Gasteiger partial charge in [0, 0.05) is 6.04 Å². The normalized spacial score (nSPS) is 23.4. The molecule has 0 radical (unpaired) electrons. The van der Waals surface area contributed by atoms with Crippen molar-refractivity contribution in [1.82, 2.24) is 5.43 Å². The lowest BCUT2D eigenvalue weighted by Gasteiger charge is -2.22. The van der Waals surface area contributed by atoms with Gasteiger partial charge in [-0.2, -0.15) is 0 Å². The van der Waals surface area contributed by atoms with Gasteiger partial charge in [-0.15, -0.1) is 0 Å². The number of hydrogen-bond acceptors (Lipinski definition) is 4. The molecule has 1 aliphatic rings. The van der Waals surface area contributed by atoms with Gasteiger partial charge in [0.25, 0.3) is 0 Å². The second kappa shape index (κ2) is 5.61. The molecule has 0 spiro atoms. The zero-order valence-electron chi connectivity index (χ0n) is 11.5. The van der Waals surface area contributed by atoms with Gasteiger partial charge in [-0.3, -0.25) is 11.3 Å². The third-order valence-corrected chi connectivity index (χ3v) is 5.87. The zero-order chi connectivity index (χ0) is 14.0. The third-order valence-electron chi connectivity index (χ3n) is 4.08. The summed E-state index contributed by atoms with van der Waals surface area (Å²) in [6.45, 7) is 4.17. The SMILES string of the molecule is Cc1ccc(CC(NN)C2CCS(=O)(=O)C2)cc1C. The summed E-state index contributed by atoms with van der Waals surface area (Å²) >= 11 is 0. The molecule has 1 aromatic rings. The number of nitrogens with one attached hydrogen (secondary N) is 1. The Morgan fingerprint density at radius 1 is 1.37 bits per heavy atom. The molecule has 2 atom stereocenters. The minimum Gasteiger partial charge on any atom is -0.271 e. The van der Waals surface area contributed by atoms with Gasteiger partial charge in [0.1, 0.15) is 0 Å². The van der Waals surface area contributed by atoms with Crippen LogP contribution in [0.3, 0.4) is 0 Å². The fraction of sp³-hybridized carbons (Fsp3) is 0.571. The van der Waals surface area contributed by atoms with Crippen LogP contribution in [0.4, 0.5) is 0 Å². The molecule has 1 saturated heterocycles. The van der Waals surface area contributed by atoms with Crippen LogP contribution in [-0.4, -0.2) is 26.0 Å². The smallest absolute Gasteiger partial charge is 0.150 e. The predicted octanol–water partition coefficient (Wildman–Crippen LogP) is 1.11. The van der Waals surface area contributed by atoms with Crippen LogP contribution >= 0.6 is 0 Å². The lowest BCUT2D eigenvalue weighted by Crippen LogP contribution is -2.43. The second-order valence-electron chi connectivity index (χ2n) is 5.56. The second-order valence-corrected chi connectivity index (χ2v) is 7.79. The molecular formula is C14H22N2O2S. The average molecular weight is 282 g/mol. The summed E-state index contributed by atoms with van der Waals surface area (Å²) < 4.78 is 23.1. The summed E-state index contributed by atoms with van der Waals surface area (Å²) in [6.07, 6.45) is 1.49. The largest absolute Gasteiger partial charge is 0.271 e. The van der Waals surface area contributed by atoms with E-state index in [0.717, 1.165) is 6.42 Å². The summed E-state index contributed by atoms with van der Waals surface area (Å²) in [7, 11) is -2.85. The van der Waals surface area contributed by atoms with Crippen molar-refractivity contribution in [2.24, 2.45) is 11.8 Å². The lowest BCUT2D eigenvalue weighted by atomic mass is 9.92. The number of rotatable bonds is 4. The molecule has 0 bridgehead atoms. The number of nitrogens with two attached hydrogens (primary N) is 1. The van der Waals surface area contributed by atoms with E-state index < -0.39 is 9.84 Å². The van der Waals surface area contributed by atoms with Crippen molar-refractivity contribution in [3.05, 3.63) is 34.9 Å². The molecule has 1 heterocycles. The molecule has 1 fully saturated rings. The van der Waals surface area contributed by atoms with Crippen molar-refractivity contribution in [2.75, 3.05) is 11.5 Å². The first-order valence-corrected chi connectivity index (χ1v) is 8.46. The monoisotopic (exact) mass is 282 g/mol. The highest BCUT2D eigenvalue weighted by Crippen LogP contribution is 2.24. The summed E-state index contributed by atoms with van der Waals surface area (Å²) in [6, 6.07) is 6.38. The van der Waals surface area contributed by atoms with Gasteiger partial charge < -0.3 is 0 Å². The predicted molar refractivity (Wildman–Crippen MR) is 77.5 cm³/mol. The van der Waals surface area contributed by atoms with Crippen LogP contribution in [0.2, 0.25) is 0 Å². The first kappa shape index (κ1) is 14.5. The Morgan fingerprint density at radius 3 is 2.63 bits per heavy atom. The molecule has 0 aliphatic carbocycles. The maximum absolute atomic E-state index is 11.5.